The van der Waals surface area contributed by atoms with Crippen LogP contribution in [0.1, 0.15) is 69.6 Å². The lowest BCUT2D eigenvalue weighted by Gasteiger charge is -2.25. The number of benzene rings is 1. The van der Waals surface area contributed by atoms with Gasteiger partial charge in [-0.05, 0) is 43.7 Å². The molecule has 1 aliphatic carbocycles. The van der Waals surface area contributed by atoms with Crippen LogP contribution < -0.4 is 5.32 Å². The summed E-state index contributed by atoms with van der Waals surface area (Å²) in [6.45, 7) is 9.34. The van der Waals surface area contributed by atoms with Crippen LogP contribution in [0.25, 0.3) is 0 Å². The summed E-state index contributed by atoms with van der Waals surface area (Å²) in [7, 11) is 1.82. The standard InChI is InChI=1S/C11H13NO2.C8H16O.C3H8/c1-7-6-10-9(2-4-12-10)11(14)8(7)3-5-13;1-7-4-3-5-8(6-7)9-2;1-3-2/h5-6,12,14H,2-4H2,1H3;7-8H,3-6H2,1-2H3;3H2,1-2H3. The van der Waals surface area contributed by atoms with E-state index in [4.69, 9.17) is 4.74 Å². The zero-order valence-electron chi connectivity index (χ0n) is 17.2. The zero-order valence-corrected chi connectivity index (χ0v) is 17.2. The molecular weight excluding hydrogens is 326 g/mol. The number of ether oxygens (including phenoxy) is 1. The molecule has 2 unspecified atom stereocenters. The summed E-state index contributed by atoms with van der Waals surface area (Å²) >= 11 is 0. The smallest absolute Gasteiger partial charge is 0.124 e. The average molecular weight is 364 g/mol. The van der Waals surface area contributed by atoms with Gasteiger partial charge in [0.2, 0.25) is 0 Å². The normalized spacial score (nSPS) is 20.7. The number of carbonyl (C=O) groups excluding carboxylic acids is 1. The van der Waals surface area contributed by atoms with E-state index in [1.807, 2.05) is 20.1 Å². The number of aryl methyl sites for hydroxylation is 1. The van der Waals surface area contributed by atoms with Crippen molar-refractivity contribution in [1.29, 1.82) is 0 Å². The van der Waals surface area contributed by atoms with E-state index >= 15 is 0 Å². The number of nitrogens with one attached hydrogen (secondary N) is 1. The molecule has 1 aromatic carbocycles. The van der Waals surface area contributed by atoms with Crippen LogP contribution in [0.5, 0.6) is 5.75 Å². The Morgan fingerprint density at radius 3 is 2.58 bits per heavy atom. The zero-order chi connectivity index (χ0) is 19.5. The molecule has 2 N–H and O–H groups in total. The molecule has 0 saturated heterocycles. The summed E-state index contributed by atoms with van der Waals surface area (Å²) in [6, 6.07) is 2.00. The molecule has 1 fully saturated rings. The van der Waals surface area contributed by atoms with E-state index in [0.717, 1.165) is 47.5 Å². The van der Waals surface area contributed by atoms with E-state index in [-0.39, 0.29) is 0 Å². The second kappa shape index (κ2) is 11.9. The number of phenols is 1. The number of carbonyl (C=O) groups is 1. The molecule has 2 aliphatic rings. The Morgan fingerprint density at radius 2 is 2.04 bits per heavy atom. The van der Waals surface area contributed by atoms with Gasteiger partial charge in [0.05, 0.1) is 6.10 Å². The van der Waals surface area contributed by atoms with Gasteiger partial charge in [-0.15, -0.1) is 0 Å². The maximum absolute atomic E-state index is 10.5. The molecule has 2 atom stereocenters. The number of rotatable bonds is 3. The van der Waals surface area contributed by atoms with Crippen LogP contribution in [-0.2, 0) is 22.4 Å². The van der Waals surface area contributed by atoms with Gasteiger partial charge >= 0.3 is 0 Å². The Hall–Kier alpha value is -1.55. The highest BCUT2D eigenvalue weighted by Crippen LogP contribution is 2.35. The summed E-state index contributed by atoms with van der Waals surface area (Å²) in [4.78, 5) is 10.5. The number of hydrogen-bond acceptors (Lipinski definition) is 4. The molecule has 148 valence electrons. The van der Waals surface area contributed by atoms with Crippen molar-refractivity contribution in [2.75, 3.05) is 19.0 Å². The summed E-state index contributed by atoms with van der Waals surface area (Å²) in [5, 5.41) is 13.1. The predicted molar refractivity (Wildman–Crippen MR) is 109 cm³/mol. The Morgan fingerprint density at radius 1 is 1.35 bits per heavy atom. The minimum atomic E-state index is 0.297. The molecule has 1 saturated carbocycles. The fourth-order valence-electron chi connectivity index (χ4n) is 3.55. The lowest BCUT2D eigenvalue weighted by atomic mass is 9.89. The maximum atomic E-state index is 10.5. The SMILES string of the molecule is CCC.COC1CCCC(C)C1.Cc1cc2c(c(O)c1CC=O)CCN2. The van der Waals surface area contributed by atoms with E-state index in [0.29, 0.717) is 18.3 Å². The fourth-order valence-corrected chi connectivity index (χ4v) is 3.55. The lowest BCUT2D eigenvalue weighted by Crippen LogP contribution is -2.19. The van der Waals surface area contributed by atoms with Gasteiger partial charge in [0.25, 0.3) is 0 Å². The Bertz CT molecular complexity index is 557. The van der Waals surface area contributed by atoms with Crippen molar-refractivity contribution in [2.24, 2.45) is 5.92 Å². The van der Waals surface area contributed by atoms with E-state index in [2.05, 4.69) is 26.1 Å². The van der Waals surface area contributed by atoms with Crippen molar-refractivity contribution in [3.8, 4) is 5.75 Å². The van der Waals surface area contributed by atoms with Gasteiger partial charge in [-0.2, -0.15) is 0 Å². The number of aldehydes is 1. The summed E-state index contributed by atoms with van der Waals surface area (Å²) in [6.07, 6.45) is 9.10. The third-order valence-corrected chi connectivity index (χ3v) is 4.93. The number of phenolic OH excluding ortho intramolecular Hbond substituents is 1. The number of anilines is 1. The van der Waals surface area contributed by atoms with E-state index in [1.54, 1.807) is 0 Å². The minimum absolute atomic E-state index is 0.297. The highest BCUT2D eigenvalue weighted by atomic mass is 16.5. The molecule has 3 rings (SSSR count). The molecule has 0 amide bonds. The monoisotopic (exact) mass is 363 g/mol. The van der Waals surface area contributed by atoms with Crippen LogP contribution >= 0.6 is 0 Å². The Balaban J connectivity index is 0.000000243. The van der Waals surface area contributed by atoms with Crippen molar-refractivity contribution < 1.29 is 14.6 Å². The van der Waals surface area contributed by atoms with Crippen LogP contribution in [0.4, 0.5) is 5.69 Å². The minimum Gasteiger partial charge on any atom is -0.507 e. The molecule has 4 nitrogen and oxygen atoms in total. The second-order valence-electron chi connectivity index (χ2n) is 7.43. The predicted octanol–water partition coefficient (Wildman–Crippen LogP) is 5.04. The lowest BCUT2D eigenvalue weighted by molar-refractivity contribution is -0.107. The molecule has 0 spiro atoms. The molecule has 4 heteroatoms. The largest absolute Gasteiger partial charge is 0.507 e. The molecule has 0 radical (unpaired) electrons. The molecule has 1 aliphatic heterocycles. The van der Waals surface area contributed by atoms with Gasteiger partial charge in [-0.25, -0.2) is 0 Å². The van der Waals surface area contributed by atoms with Crippen molar-refractivity contribution in [3.05, 3.63) is 22.8 Å². The van der Waals surface area contributed by atoms with Crippen LogP contribution in [0.3, 0.4) is 0 Å². The third kappa shape index (κ3) is 6.64. The van der Waals surface area contributed by atoms with Crippen molar-refractivity contribution in [3.63, 3.8) is 0 Å². The topological polar surface area (TPSA) is 58.6 Å². The Labute approximate surface area is 159 Å². The van der Waals surface area contributed by atoms with E-state index in [1.165, 1.54) is 32.1 Å². The first-order valence-electron chi connectivity index (χ1n) is 10.0. The van der Waals surface area contributed by atoms with Crippen LogP contribution in [-0.4, -0.2) is 31.2 Å². The molecule has 26 heavy (non-hydrogen) atoms. The van der Waals surface area contributed by atoms with Gasteiger partial charge in [-0.1, -0.05) is 40.0 Å². The van der Waals surface area contributed by atoms with Gasteiger partial charge in [0.15, 0.2) is 0 Å². The molecule has 1 aromatic rings. The number of hydrogen-bond donors (Lipinski definition) is 2. The van der Waals surface area contributed by atoms with Crippen molar-refractivity contribution in [2.45, 2.75) is 78.7 Å². The van der Waals surface area contributed by atoms with Crippen LogP contribution in [0.2, 0.25) is 0 Å². The van der Waals surface area contributed by atoms with E-state index < -0.39 is 0 Å². The molecular formula is C22H37NO3. The second-order valence-corrected chi connectivity index (χ2v) is 7.43. The van der Waals surface area contributed by atoms with Gasteiger partial charge in [-0.3, -0.25) is 0 Å². The number of aromatic hydroxyl groups is 1. The van der Waals surface area contributed by atoms with Crippen molar-refractivity contribution >= 4 is 12.0 Å². The fraction of sp³-hybridized carbons (Fsp3) is 0.682. The Kier molecular flexibility index (Phi) is 10.3. The summed E-state index contributed by atoms with van der Waals surface area (Å²) in [5.41, 5.74) is 3.70. The van der Waals surface area contributed by atoms with Gasteiger partial charge < -0.3 is 20.0 Å². The maximum Gasteiger partial charge on any atom is 0.124 e. The molecule has 0 aromatic heterocycles. The number of methoxy groups -OCH3 is 1. The first kappa shape index (κ1) is 22.5. The first-order chi connectivity index (χ1) is 12.5. The van der Waals surface area contributed by atoms with E-state index in [9.17, 15) is 9.90 Å². The molecule has 0 bridgehead atoms. The molecule has 1 heterocycles. The van der Waals surface area contributed by atoms with Crippen LogP contribution in [0.15, 0.2) is 6.07 Å². The van der Waals surface area contributed by atoms with Gasteiger partial charge in [0, 0.05) is 36.9 Å². The summed E-state index contributed by atoms with van der Waals surface area (Å²) < 4.78 is 5.26. The van der Waals surface area contributed by atoms with Crippen LogP contribution in [0, 0.1) is 12.8 Å². The summed E-state index contributed by atoms with van der Waals surface area (Å²) in [5.74, 6) is 1.20. The van der Waals surface area contributed by atoms with Gasteiger partial charge in [0.1, 0.15) is 12.0 Å². The van der Waals surface area contributed by atoms with Crippen molar-refractivity contribution in [1.82, 2.24) is 0 Å². The number of fused-ring (bicyclic) bond motifs is 1. The quantitative estimate of drug-likeness (QED) is 0.739. The highest BCUT2D eigenvalue weighted by Gasteiger charge is 2.19. The highest BCUT2D eigenvalue weighted by molar-refractivity contribution is 5.69. The average Bonchev–Trinajstić information content (AvgIpc) is 3.08. The third-order valence-electron chi connectivity index (χ3n) is 4.93. The first-order valence-corrected chi connectivity index (χ1v) is 10.0.